The monoisotopic (exact) mass is 263 g/mol. The second kappa shape index (κ2) is 5.01. The molecule has 0 radical (unpaired) electrons. The molecule has 1 unspecified atom stereocenters. The van der Waals surface area contributed by atoms with Gasteiger partial charge < -0.3 is 4.74 Å². The summed E-state index contributed by atoms with van der Waals surface area (Å²) in [6.45, 7) is 5.80. The number of aromatic nitrogens is 1. The minimum Gasteiger partial charge on any atom is -0.473 e. The molecule has 1 aromatic rings. The fraction of sp³-hybridized carbons (Fsp3) is 0.500. The Hall–Kier alpha value is -0.810. The van der Waals surface area contributed by atoms with E-state index in [4.69, 9.17) is 15.4 Å². The van der Waals surface area contributed by atoms with Gasteiger partial charge in [-0.2, -0.15) is 0 Å². The quantitative estimate of drug-likeness (QED) is 0.783. The lowest BCUT2D eigenvalue weighted by molar-refractivity contribution is 0.158. The van der Waals surface area contributed by atoms with Crippen LogP contribution in [-0.2, 0) is 9.05 Å². The first kappa shape index (κ1) is 13.3. The van der Waals surface area contributed by atoms with Crippen molar-refractivity contribution in [3.05, 3.63) is 18.3 Å². The maximum absolute atomic E-state index is 11.3. The van der Waals surface area contributed by atoms with E-state index in [2.05, 4.69) is 4.98 Å². The topological polar surface area (TPSA) is 56.3 Å². The van der Waals surface area contributed by atoms with Gasteiger partial charge in [-0.1, -0.05) is 13.8 Å². The van der Waals surface area contributed by atoms with Gasteiger partial charge >= 0.3 is 0 Å². The van der Waals surface area contributed by atoms with Crippen molar-refractivity contribution in [3.63, 3.8) is 0 Å². The molecule has 0 bridgehead atoms. The molecule has 1 aromatic heterocycles. The Morgan fingerprint density at radius 3 is 2.50 bits per heavy atom. The van der Waals surface area contributed by atoms with Gasteiger partial charge in [0.15, 0.2) is 0 Å². The number of hydrogen-bond acceptors (Lipinski definition) is 4. The zero-order valence-electron chi connectivity index (χ0n) is 9.34. The highest BCUT2D eigenvalue weighted by atomic mass is 35.7. The van der Waals surface area contributed by atoms with Gasteiger partial charge in [0.1, 0.15) is 4.90 Å². The summed E-state index contributed by atoms with van der Waals surface area (Å²) in [5, 5.41) is 0. The summed E-state index contributed by atoms with van der Waals surface area (Å²) in [4.78, 5) is 3.79. The normalized spacial score (nSPS) is 13.8. The summed E-state index contributed by atoms with van der Waals surface area (Å²) in [5.74, 6) is 0.312. The van der Waals surface area contributed by atoms with Gasteiger partial charge in [-0.25, -0.2) is 13.4 Å². The molecule has 0 aliphatic rings. The SMILES string of the molecule is CC(C)C(C)Oc1ncccc1S(=O)(=O)Cl. The van der Waals surface area contributed by atoms with Crippen molar-refractivity contribution in [1.29, 1.82) is 0 Å². The first-order chi connectivity index (χ1) is 7.32. The van der Waals surface area contributed by atoms with E-state index in [1.807, 2.05) is 20.8 Å². The van der Waals surface area contributed by atoms with Gasteiger partial charge in [0.2, 0.25) is 5.88 Å². The molecule has 0 aliphatic carbocycles. The highest BCUT2D eigenvalue weighted by Gasteiger charge is 2.20. The third-order valence-corrected chi connectivity index (χ3v) is 3.57. The fourth-order valence-corrected chi connectivity index (χ4v) is 1.87. The summed E-state index contributed by atoms with van der Waals surface area (Å²) in [6, 6.07) is 2.87. The highest BCUT2D eigenvalue weighted by molar-refractivity contribution is 8.13. The van der Waals surface area contributed by atoms with Gasteiger partial charge in [-0.3, -0.25) is 0 Å². The fourth-order valence-electron chi connectivity index (χ4n) is 0.962. The number of hydrogen-bond donors (Lipinski definition) is 0. The average Bonchev–Trinajstić information content (AvgIpc) is 2.16. The van der Waals surface area contributed by atoms with E-state index in [0.29, 0.717) is 0 Å². The molecule has 0 saturated heterocycles. The first-order valence-electron chi connectivity index (χ1n) is 4.88. The molecule has 6 heteroatoms. The third-order valence-electron chi connectivity index (χ3n) is 2.24. The highest BCUT2D eigenvalue weighted by Crippen LogP contribution is 2.25. The summed E-state index contributed by atoms with van der Waals surface area (Å²) >= 11 is 0. The maximum Gasteiger partial charge on any atom is 0.266 e. The van der Waals surface area contributed by atoms with Crippen molar-refractivity contribution in [2.75, 3.05) is 0 Å². The number of halogens is 1. The number of pyridine rings is 1. The standard InChI is InChI=1S/C10H14ClNO3S/c1-7(2)8(3)15-10-9(16(11,13)14)5-4-6-12-10/h4-8H,1-3H3. The van der Waals surface area contributed by atoms with Crippen LogP contribution in [0.15, 0.2) is 23.2 Å². The predicted octanol–water partition coefficient (Wildman–Crippen LogP) is 2.43. The molecule has 1 rings (SSSR count). The van der Waals surface area contributed by atoms with Gasteiger partial charge in [-0.05, 0) is 25.0 Å². The van der Waals surface area contributed by atoms with Crippen molar-refractivity contribution >= 4 is 19.7 Å². The van der Waals surface area contributed by atoms with Crippen molar-refractivity contribution in [3.8, 4) is 5.88 Å². The second-order valence-corrected chi connectivity index (χ2v) is 6.35. The molecule has 0 aliphatic heterocycles. The lowest BCUT2D eigenvalue weighted by Crippen LogP contribution is -2.20. The van der Waals surface area contributed by atoms with E-state index < -0.39 is 9.05 Å². The lowest BCUT2D eigenvalue weighted by Gasteiger charge is -2.18. The Labute approximate surface area is 100 Å². The van der Waals surface area contributed by atoms with Gasteiger partial charge in [-0.15, -0.1) is 0 Å². The van der Waals surface area contributed by atoms with Crippen LogP contribution in [0.2, 0.25) is 0 Å². The maximum atomic E-state index is 11.3. The molecule has 0 fully saturated rings. The van der Waals surface area contributed by atoms with E-state index in [0.717, 1.165) is 0 Å². The van der Waals surface area contributed by atoms with Crippen molar-refractivity contribution in [2.45, 2.75) is 31.8 Å². The minimum atomic E-state index is -3.82. The van der Waals surface area contributed by atoms with Crippen LogP contribution < -0.4 is 4.74 Å². The molecular weight excluding hydrogens is 250 g/mol. The van der Waals surface area contributed by atoms with Crippen LogP contribution in [-0.4, -0.2) is 19.5 Å². The zero-order valence-corrected chi connectivity index (χ0v) is 10.9. The Bertz CT molecular complexity index is 459. The van der Waals surface area contributed by atoms with E-state index in [1.165, 1.54) is 18.3 Å². The van der Waals surface area contributed by atoms with Crippen molar-refractivity contribution < 1.29 is 13.2 Å². The molecule has 90 valence electrons. The van der Waals surface area contributed by atoms with Crippen molar-refractivity contribution in [1.82, 2.24) is 4.98 Å². The third kappa shape index (κ3) is 3.35. The van der Waals surface area contributed by atoms with Crippen molar-refractivity contribution in [2.24, 2.45) is 5.92 Å². The summed E-state index contributed by atoms with van der Waals surface area (Å²) < 4.78 is 28.0. The smallest absolute Gasteiger partial charge is 0.266 e. The van der Waals surface area contributed by atoms with E-state index in [1.54, 1.807) is 0 Å². The minimum absolute atomic E-state index is 0.0544. The molecule has 1 atom stereocenters. The summed E-state index contributed by atoms with van der Waals surface area (Å²) in [5.41, 5.74) is 0. The largest absolute Gasteiger partial charge is 0.473 e. The van der Waals surface area contributed by atoms with Crippen LogP contribution in [0.1, 0.15) is 20.8 Å². The molecule has 4 nitrogen and oxygen atoms in total. The first-order valence-corrected chi connectivity index (χ1v) is 7.19. The lowest BCUT2D eigenvalue weighted by atomic mass is 10.1. The predicted molar refractivity (Wildman–Crippen MR) is 62.2 cm³/mol. The van der Waals surface area contributed by atoms with E-state index in [9.17, 15) is 8.42 Å². The number of ether oxygens (including phenoxy) is 1. The van der Waals surface area contributed by atoms with Gasteiger partial charge in [0, 0.05) is 16.9 Å². The molecule has 0 N–H and O–H groups in total. The summed E-state index contributed by atoms with van der Waals surface area (Å²) in [7, 11) is 1.46. The van der Waals surface area contributed by atoms with Gasteiger partial charge in [0.25, 0.3) is 9.05 Å². The molecule has 0 saturated carbocycles. The molecule has 16 heavy (non-hydrogen) atoms. The van der Waals surface area contributed by atoms with E-state index >= 15 is 0 Å². The molecule has 0 aromatic carbocycles. The Kier molecular flexibility index (Phi) is 4.15. The van der Waals surface area contributed by atoms with Crippen LogP contribution in [0.3, 0.4) is 0 Å². The number of nitrogens with zero attached hydrogens (tertiary/aromatic N) is 1. The van der Waals surface area contributed by atoms with E-state index in [-0.39, 0.29) is 22.8 Å². The van der Waals surface area contributed by atoms with Crippen LogP contribution in [0.4, 0.5) is 0 Å². The second-order valence-electron chi connectivity index (χ2n) is 3.81. The van der Waals surface area contributed by atoms with Crippen LogP contribution >= 0.6 is 10.7 Å². The number of rotatable bonds is 4. The Morgan fingerprint density at radius 1 is 1.38 bits per heavy atom. The van der Waals surface area contributed by atoms with Crippen LogP contribution in [0.5, 0.6) is 5.88 Å². The van der Waals surface area contributed by atoms with Crippen LogP contribution in [0.25, 0.3) is 0 Å². The zero-order chi connectivity index (χ0) is 12.3. The molecule has 0 spiro atoms. The molecule has 0 amide bonds. The van der Waals surface area contributed by atoms with Crippen LogP contribution in [0, 0.1) is 5.92 Å². The average molecular weight is 264 g/mol. The Morgan fingerprint density at radius 2 is 2.00 bits per heavy atom. The molecular formula is C10H14ClNO3S. The summed E-state index contributed by atoms with van der Waals surface area (Å²) in [6.07, 6.45) is 1.33. The Balaban J connectivity index is 3.06. The molecule has 1 heterocycles. The van der Waals surface area contributed by atoms with Gasteiger partial charge in [0.05, 0.1) is 6.10 Å².